The van der Waals surface area contributed by atoms with Gasteiger partial charge >= 0.3 is 0 Å². The lowest BCUT2D eigenvalue weighted by Gasteiger charge is -2.17. The van der Waals surface area contributed by atoms with Gasteiger partial charge in [0.15, 0.2) is 0 Å². The van der Waals surface area contributed by atoms with Gasteiger partial charge in [-0.05, 0) is 77.6 Å². The first-order valence-electron chi connectivity index (χ1n) is 9.77. The molecule has 3 nitrogen and oxygen atoms in total. The van der Waals surface area contributed by atoms with Crippen LogP contribution in [0.15, 0.2) is 59.2 Å². The van der Waals surface area contributed by atoms with E-state index in [1.54, 1.807) is 0 Å². The van der Waals surface area contributed by atoms with E-state index in [0.29, 0.717) is 5.03 Å². The molecular formula is C23H37ClN2O. The van der Waals surface area contributed by atoms with Gasteiger partial charge in [0.25, 0.3) is 0 Å². The van der Waals surface area contributed by atoms with Gasteiger partial charge in [-0.15, -0.1) is 0 Å². The van der Waals surface area contributed by atoms with Crippen molar-refractivity contribution in [3.05, 3.63) is 59.2 Å². The van der Waals surface area contributed by atoms with Gasteiger partial charge in [-0.1, -0.05) is 49.2 Å². The Morgan fingerprint density at radius 2 is 1.81 bits per heavy atom. The van der Waals surface area contributed by atoms with Crippen molar-refractivity contribution >= 4 is 17.3 Å². The molecule has 2 N–H and O–H groups in total. The fraction of sp³-hybridized carbons (Fsp3) is 0.478. The Balaban J connectivity index is 0.00000119. The van der Waals surface area contributed by atoms with Crippen LogP contribution in [0.3, 0.4) is 0 Å². The topological polar surface area (TPSA) is 33.3 Å². The maximum absolute atomic E-state index is 6.25. The van der Waals surface area contributed by atoms with Gasteiger partial charge in [0.1, 0.15) is 11.9 Å². The molecule has 1 aromatic rings. The maximum Gasteiger partial charge on any atom is 0.143 e. The molecule has 0 fully saturated rings. The Kier molecular flexibility index (Phi) is 15.4. The maximum atomic E-state index is 6.25. The molecule has 0 aliphatic heterocycles. The van der Waals surface area contributed by atoms with Crippen molar-refractivity contribution in [3.63, 3.8) is 0 Å². The van der Waals surface area contributed by atoms with Crippen molar-refractivity contribution in [1.82, 2.24) is 5.32 Å². The number of allylic oxidation sites excluding steroid dienone is 4. The molecule has 0 radical (unpaired) electrons. The Labute approximate surface area is 171 Å². The molecule has 0 aliphatic carbocycles. The lowest BCUT2D eigenvalue weighted by atomic mass is 10.2. The summed E-state index contributed by atoms with van der Waals surface area (Å²) >= 11 is 6.25. The second-order valence-electron chi connectivity index (χ2n) is 6.41. The Bertz CT molecular complexity index is 588. The molecule has 0 saturated carbocycles. The number of para-hydroxylation sites is 2. The molecule has 0 aliphatic rings. The molecule has 0 amide bonds. The lowest BCUT2D eigenvalue weighted by Crippen LogP contribution is -2.12. The van der Waals surface area contributed by atoms with Crippen LogP contribution in [0, 0.1) is 0 Å². The van der Waals surface area contributed by atoms with Crippen molar-refractivity contribution in [2.24, 2.45) is 0 Å². The van der Waals surface area contributed by atoms with E-state index in [0.717, 1.165) is 36.5 Å². The first-order chi connectivity index (χ1) is 13.0. The van der Waals surface area contributed by atoms with Crippen LogP contribution in [0.4, 0.5) is 5.69 Å². The number of halogens is 1. The molecule has 0 heterocycles. The minimum absolute atomic E-state index is 0.197. The van der Waals surface area contributed by atoms with Gasteiger partial charge in [-0.2, -0.15) is 0 Å². The molecule has 1 rings (SSSR count). The summed E-state index contributed by atoms with van der Waals surface area (Å²) in [6, 6.07) is 7.97. The largest absolute Gasteiger partial charge is 0.480 e. The number of benzene rings is 1. The predicted molar refractivity (Wildman–Crippen MR) is 122 cm³/mol. The Morgan fingerprint density at radius 1 is 1.15 bits per heavy atom. The highest BCUT2D eigenvalue weighted by Crippen LogP contribution is 2.26. The molecule has 0 saturated heterocycles. The van der Waals surface area contributed by atoms with Crippen LogP contribution in [0.1, 0.15) is 47.5 Å². The number of nitrogens with one attached hydrogen (secondary N) is 2. The van der Waals surface area contributed by atoms with Crippen molar-refractivity contribution in [1.29, 1.82) is 0 Å². The zero-order valence-corrected chi connectivity index (χ0v) is 18.6. The first-order valence-corrected chi connectivity index (χ1v) is 10.1. The number of ether oxygens (including phenoxy) is 1. The zero-order chi connectivity index (χ0) is 20.5. The minimum Gasteiger partial charge on any atom is -0.480 e. The van der Waals surface area contributed by atoms with Crippen LogP contribution in [0.5, 0.6) is 5.75 Å². The summed E-state index contributed by atoms with van der Waals surface area (Å²) in [5, 5.41) is 7.08. The fourth-order valence-electron chi connectivity index (χ4n) is 2.17. The zero-order valence-electron chi connectivity index (χ0n) is 17.8. The van der Waals surface area contributed by atoms with E-state index >= 15 is 0 Å². The van der Waals surface area contributed by atoms with Crippen molar-refractivity contribution in [2.45, 2.75) is 53.6 Å². The van der Waals surface area contributed by atoms with E-state index in [4.69, 9.17) is 16.3 Å². The number of hydrogen-bond acceptors (Lipinski definition) is 3. The normalized spacial score (nSPS) is 12.2. The second-order valence-corrected chi connectivity index (χ2v) is 6.84. The van der Waals surface area contributed by atoms with Crippen LogP contribution < -0.4 is 15.4 Å². The van der Waals surface area contributed by atoms with Crippen LogP contribution in [-0.4, -0.2) is 26.2 Å². The Morgan fingerprint density at radius 3 is 2.33 bits per heavy atom. The Hall–Kier alpha value is -1.71. The molecule has 1 atom stereocenters. The quantitative estimate of drug-likeness (QED) is 0.350. The van der Waals surface area contributed by atoms with E-state index in [1.807, 2.05) is 76.4 Å². The van der Waals surface area contributed by atoms with Gasteiger partial charge in [0, 0.05) is 11.6 Å². The standard InChI is InChI=1S/C19H26ClNO.C4H11N/c1-5-9-17(14-16(20)13-15(3)4)22-19-11-8-7-10-18(19)21-12-6-2;1-3-4-5-2/h5,7-11,13-14,17,21H,6,12H2,1-4H3;5H,3-4H2,1-2H3/b9-5-,16-14?;. The molecule has 27 heavy (non-hydrogen) atoms. The summed E-state index contributed by atoms with van der Waals surface area (Å²) in [5.41, 5.74) is 2.16. The molecular weight excluding hydrogens is 356 g/mol. The molecule has 1 unspecified atom stereocenters. The SMILES string of the molecule is C/C=C\C(C=C(Cl)C=C(C)C)Oc1ccccc1NCCC.CCCNC. The molecule has 1 aromatic carbocycles. The molecule has 0 spiro atoms. The third-order valence-electron chi connectivity index (χ3n) is 3.35. The highest BCUT2D eigenvalue weighted by Gasteiger charge is 2.08. The number of hydrogen-bond donors (Lipinski definition) is 2. The molecule has 0 aromatic heterocycles. The highest BCUT2D eigenvalue weighted by molar-refractivity contribution is 6.31. The van der Waals surface area contributed by atoms with Gasteiger partial charge in [0.05, 0.1) is 5.69 Å². The minimum atomic E-state index is -0.197. The summed E-state index contributed by atoms with van der Waals surface area (Å²) in [6.07, 6.45) is 9.90. The smallest absolute Gasteiger partial charge is 0.143 e. The van der Waals surface area contributed by atoms with Crippen LogP contribution in [0.2, 0.25) is 0 Å². The monoisotopic (exact) mass is 392 g/mol. The molecule has 152 valence electrons. The third-order valence-corrected chi connectivity index (χ3v) is 3.58. The fourth-order valence-corrected chi connectivity index (χ4v) is 2.51. The van der Waals surface area contributed by atoms with Gasteiger partial charge < -0.3 is 15.4 Å². The second kappa shape index (κ2) is 16.5. The van der Waals surface area contributed by atoms with Gasteiger partial charge in [-0.3, -0.25) is 0 Å². The van der Waals surface area contributed by atoms with Crippen molar-refractivity contribution in [3.8, 4) is 5.75 Å². The van der Waals surface area contributed by atoms with E-state index in [2.05, 4.69) is 24.5 Å². The van der Waals surface area contributed by atoms with E-state index in [1.165, 1.54) is 6.42 Å². The first kappa shape index (κ1) is 25.3. The summed E-state index contributed by atoms with van der Waals surface area (Å²) < 4.78 is 6.10. The van der Waals surface area contributed by atoms with Crippen molar-refractivity contribution in [2.75, 3.05) is 25.5 Å². The molecule has 0 bridgehead atoms. The summed E-state index contributed by atoms with van der Waals surface area (Å²) in [6.45, 7) is 12.4. The third kappa shape index (κ3) is 13.2. The van der Waals surface area contributed by atoms with E-state index in [9.17, 15) is 0 Å². The molecule has 4 heteroatoms. The van der Waals surface area contributed by atoms with Crippen LogP contribution in [-0.2, 0) is 0 Å². The average Bonchev–Trinajstić information content (AvgIpc) is 2.61. The van der Waals surface area contributed by atoms with Crippen molar-refractivity contribution < 1.29 is 4.74 Å². The number of rotatable bonds is 10. The van der Waals surface area contributed by atoms with E-state index < -0.39 is 0 Å². The summed E-state index contributed by atoms with van der Waals surface area (Å²) in [5.74, 6) is 0.831. The summed E-state index contributed by atoms with van der Waals surface area (Å²) in [7, 11) is 1.96. The van der Waals surface area contributed by atoms with Crippen LogP contribution >= 0.6 is 11.6 Å². The number of anilines is 1. The van der Waals surface area contributed by atoms with E-state index in [-0.39, 0.29) is 6.10 Å². The van der Waals surface area contributed by atoms with Crippen LogP contribution in [0.25, 0.3) is 0 Å². The van der Waals surface area contributed by atoms with Gasteiger partial charge in [0.2, 0.25) is 0 Å². The lowest BCUT2D eigenvalue weighted by molar-refractivity contribution is 0.297. The predicted octanol–water partition coefficient (Wildman–Crippen LogP) is 6.54. The highest BCUT2D eigenvalue weighted by atomic mass is 35.5. The van der Waals surface area contributed by atoms with Gasteiger partial charge in [-0.25, -0.2) is 0 Å². The average molecular weight is 393 g/mol. The summed E-state index contributed by atoms with van der Waals surface area (Å²) in [4.78, 5) is 0.